The van der Waals surface area contributed by atoms with Crippen LogP contribution >= 0.6 is 0 Å². The fraction of sp³-hybridized carbons (Fsp3) is 0.533. The van der Waals surface area contributed by atoms with E-state index in [1.165, 1.54) is 13.2 Å². The van der Waals surface area contributed by atoms with Crippen molar-refractivity contribution < 1.29 is 13.9 Å². The van der Waals surface area contributed by atoms with Gasteiger partial charge in [-0.25, -0.2) is 4.39 Å². The van der Waals surface area contributed by atoms with Gasteiger partial charge < -0.3 is 15.4 Å². The third-order valence-corrected chi connectivity index (χ3v) is 3.64. The zero-order valence-electron chi connectivity index (χ0n) is 12.3. The van der Waals surface area contributed by atoms with Gasteiger partial charge in [-0.15, -0.1) is 0 Å². The minimum Gasteiger partial charge on any atom is -0.383 e. The summed E-state index contributed by atoms with van der Waals surface area (Å²) < 4.78 is 18.1. The van der Waals surface area contributed by atoms with Gasteiger partial charge in [-0.1, -0.05) is 12.1 Å². The summed E-state index contributed by atoms with van der Waals surface area (Å²) in [7, 11) is 1.53. The molecule has 2 N–H and O–H groups in total. The number of halogens is 1. The molecule has 0 radical (unpaired) electrons. The van der Waals surface area contributed by atoms with E-state index in [1.807, 2.05) is 6.07 Å². The highest BCUT2D eigenvalue weighted by molar-refractivity contribution is 5.81. The fourth-order valence-electron chi connectivity index (χ4n) is 2.51. The van der Waals surface area contributed by atoms with E-state index in [-0.39, 0.29) is 18.3 Å². The molecule has 2 rings (SSSR count). The van der Waals surface area contributed by atoms with Crippen molar-refractivity contribution in [1.29, 1.82) is 0 Å². The number of piperazine rings is 1. The molecule has 1 fully saturated rings. The smallest absolute Gasteiger partial charge is 0.241 e. The lowest BCUT2D eigenvalue weighted by Gasteiger charge is -2.35. The zero-order valence-corrected chi connectivity index (χ0v) is 12.3. The minimum absolute atomic E-state index is 0.0674. The monoisotopic (exact) mass is 295 g/mol. The Balaban J connectivity index is 1.82. The predicted molar refractivity (Wildman–Crippen MR) is 78.1 cm³/mol. The van der Waals surface area contributed by atoms with Gasteiger partial charge in [-0.05, 0) is 17.7 Å². The Morgan fingerprint density at radius 2 is 2.10 bits per heavy atom. The third kappa shape index (κ3) is 4.49. The first kappa shape index (κ1) is 15.9. The second kappa shape index (κ2) is 7.49. The molecule has 21 heavy (non-hydrogen) atoms. The average molecular weight is 295 g/mol. The molecule has 0 aliphatic carbocycles. The number of amides is 1. The number of ether oxygens (including phenoxy) is 1. The lowest BCUT2D eigenvalue weighted by atomic mass is 10.2. The molecular formula is C15H22FN3O2. The van der Waals surface area contributed by atoms with E-state index in [9.17, 15) is 9.18 Å². The molecule has 0 aromatic heterocycles. The molecule has 0 saturated carbocycles. The number of carbonyl (C=O) groups excluding carboxylic acids is 1. The van der Waals surface area contributed by atoms with E-state index in [1.54, 1.807) is 17.0 Å². The topological polar surface area (TPSA) is 58.8 Å². The van der Waals surface area contributed by atoms with E-state index < -0.39 is 6.04 Å². The highest BCUT2D eigenvalue weighted by Gasteiger charge is 2.25. The van der Waals surface area contributed by atoms with Crippen molar-refractivity contribution in [3.63, 3.8) is 0 Å². The summed E-state index contributed by atoms with van der Waals surface area (Å²) in [5.74, 6) is -0.283. The molecule has 1 amide bonds. The van der Waals surface area contributed by atoms with Gasteiger partial charge in [0.1, 0.15) is 11.9 Å². The molecule has 116 valence electrons. The molecule has 5 nitrogen and oxygen atoms in total. The van der Waals surface area contributed by atoms with E-state index >= 15 is 0 Å². The first-order valence-electron chi connectivity index (χ1n) is 7.10. The number of rotatable bonds is 5. The van der Waals surface area contributed by atoms with Crippen LogP contribution in [0.2, 0.25) is 0 Å². The average Bonchev–Trinajstić information content (AvgIpc) is 2.47. The minimum atomic E-state index is -0.593. The van der Waals surface area contributed by atoms with Gasteiger partial charge in [0.05, 0.1) is 6.61 Å². The van der Waals surface area contributed by atoms with Crippen LogP contribution in [0.5, 0.6) is 0 Å². The SMILES string of the molecule is COCC(N)C(=O)N1CCN(Cc2cccc(F)c2)CC1. The van der Waals surface area contributed by atoms with E-state index in [2.05, 4.69) is 4.90 Å². The number of nitrogens with two attached hydrogens (primary N) is 1. The Morgan fingerprint density at radius 3 is 2.71 bits per heavy atom. The Kier molecular flexibility index (Phi) is 5.67. The normalized spacial score (nSPS) is 17.8. The number of carbonyl (C=O) groups is 1. The number of hydrogen-bond donors (Lipinski definition) is 1. The van der Waals surface area contributed by atoms with Gasteiger partial charge in [0.2, 0.25) is 5.91 Å². The Hall–Kier alpha value is -1.50. The van der Waals surface area contributed by atoms with Gasteiger partial charge >= 0.3 is 0 Å². The quantitative estimate of drug-likeness (QED) is 0.856. The van der Waals surface area contributed by atoms with Crippen LogP contribution in [0.1, 0.15) is 5.56 Å². The summed E-state index contributed by atoms with van der Waals surface area (Å²) >= 11 is 0. The van der Waals surface area contributed by atoms with Gasteiger partial charge in [-0.3, -0.25) is 9.69 Å². The summed E-state index contributed by atoms with van der Waals surface area (Å²) in [5.41, 5.74) is 6.71. The van der Waals surface area contributed by atoms with Crippen LogP contribution in [0.15, 0.2) is 24.3 Å². The highest BCUT2D eigenvalue weighted by atomic mass is 19.1. The molecule has 6 heteroatoms. The van der Waals surface area contributed by atoms with Crippen molar-refractivity contribution in [3.8, 4) is 0 Å². The van der Waals surface area contributed by atoms with Crippen LogP contribution in [-0.4, -0.2) is 61.6 Å². The van der Waals surface area contributed by atoms with Crippen molar-refractivity contribution >= 4 is 5.91 Å². The Labute approximate surface area is 124 Å². The maximum Gasteiger partial charge on any atom is 0.241 e. The summed E-state index contributed by atoms with van der Waals surface area (Å²) in [6, 6.07) is 6.02. The Morgan fingerprint density at radius 1 is 1.38 bits per heavy atom. The van der Waals surface area contributed by atoms with E-state index in [4.69, 9.17) is 10.5 Å². The van der Waals surface area contributed by atoms with E-state index in [0.29, 0.717) is 19.6 Å². The highest BCUT2D eigenvalue weighted by Crippen LogP contribution is 2.10. The Bertz CT molecular complexity index is 476. The maximum atomic E-state index is 13.2. The maximum absolute atomic E-state index is 13.2. The van der Waals surface area contributed by atoms with Gasteiger partial charge in [-0.2, -0.15) is 0 Å². The zero-order chi connectivity index (χ0) is 15.2. The standard InChI is InChI=1S/C15H22FN3O2/c1-21-11-14(17)15(20)19-7-5-18(6-8-19)10-12-3-2-4-13(16)9-12/h2-4,9,14H,5-8,10-11,17H2,1H3. The predicted octanol–water partition coefficient (Wildman–Crippen LogP) is 0.444. The molecule has 1 aliphatic heterocycles. The van der Waals surface area contributed by atoms with Crippen molar-refractivity contribution in [2.45, 2.75) is 12.6 Å². The van der Waals surface area contributed by atoms with Crippen molar-refractivity contribution in [2.24, 2.45) is 5.73 Å². The van der Waals surface area contributed by atoms with Crippen molar-refractivity contribution in [1.82, 2.24) is 9.80 Å². The van der Waals surface area contributed by atoms with Gasteiger partial charge in [0.15, 0.2) is 0 Å². The summed E-state index contributed by atoms with van der Waals surface area (Å²) in [5, 5.41) is 0. The molecule has 1 atom stereocenters. The van der Waals surface area contributed by atoms with Gasteiger partial charge in [0.25, 0.3) is 0 Å². The number of hydrogen-bond acceptors (Lipinski definition) is 4. The third-order valence-electron chi connectivity index (χ3n) is 3.64. The van der Waals surface area contributed by atoms with Crippen LogP contribution in [0.25, 0.3) is 0 Å². The molecule has 1 heterocycles. The summed E-state index contributed by atoms with van der Waals surface area (Å²) in [4.78, 5) is 16.0. The summed E-state index contributed by atoms with van der Waals surface area (Å²) in [6.07, 6.45) is 0. The largest absolute Gasteiger partial charge is 0.383 e. The second-order valence-electron chi connectivity index (χ2n) is 5.29. The van der Waals surface area contributed by atoms with Crippen molar-refractivity contribution in [2.75, 3.05) is 39.9 Å². The lowest BCUT2D eigenvalue weighted by Crippen LogP contribution is -2.53. The van der Waals surface area contributed by atoms with Crippen LogP contribution in [0.3, 0.4) is 0 Å². The first-order valence-corrected chi connectivity index (χ1v) is 7.10. The molecule has 0 spiro atoms. The molecule has 1 aromatic carbocycles. The number of benzene rings is 1. The van der Waals surface area contributed by atoms with Gasteiger partial charge in [0, 0.05) is 39.8 Å². The van der Waals surface area contributed by atoms with E-state index in [0.717, 1.165) is 18.7 Å². The number of nitrogens with zero attached hydrogens (tertiary/aromatic N) is 2. The molecule has 1 aliphatic rings. The summed E-state index contributed by atoms with van der Waals surface area (Å²) in [6.45, 7) is 3.76. The second-order valence-corrected chi connectivity index (χ2v) is 5.29. The number of methoxy groups -OCH3 is 1. The first-order chi connectivity index (χ1) is 10.1. The molecule has 1 unspecified atom stereocenters. The lowest BCUT2D eigenvalue weighted by molar-refractivity contribution is -0.135. The van der Waals surface area contributed by atoms with Crippen LogP contribution in [-0.2, 0) is 16.1 Å². The van der Waals surface area contributed by atoms with Crippen molar-refractivity contribution in [3.05, 3.63) is 35.6 Å². The molecular weight excluding hydrogens is 273 g/mol. The molecule has 1 saturated heterocycles. The van der Waals surface area contributed by atoms with Crippen LogP contribution in [0, 0.1) is 5.82 Å². The molecule has 0 bridgehead atoms. The fourth-order valence-corrected chi connectivity index (χ4v) is 2.51. The van der Waals surface area contributed by atoms with Crippen LogP contribution in [0.4, 0.5) is 4.39 Å². The molecule has 1 aromatic rings. The van der Waals surface area contributed by atoms with Crippen LogP contribution < -0.4 is 5.73 Å².